The van der Waals surface area contributed by atoms with E-state index in [9.17, 15) is 5.11 Å². The van der Waals surface area contributed by atoms with Crippen LogP contribution in [0.2, 0.25) is 0 Å². The highest BCUT2D eigenvalue weighted by molar-refractivity contribution is 5.32. The average molecular weight is 244 g/mol. The molecule has 3 nitrogen and oxygen atoms in total. The molecule has 1 fully saturated rings. The Kier molecular flexibility index (Phi) is 3.18. The summed E-state index contributed by atoms with van der Waals surface area (Å²) in [7, 11) is 0. The highest BCUT2D eigenvalue weighted by atomic mass is 16.3. The lowest BCUT2D eigenvalue weighted by atomic mass is 9.79. The first-order valence-corrected chi connectivity index (χ1v) is 6.28. The summed E-state index contributed by atoms with van der Waals surface area (Å²) < 4.78 is 0. The quantitative estimate of drug-likeness (QED) is 0.867. The molecule has 96 valence electrons. The standard InChI is InChI=1S/C15H20N2O/c1-14(2)10-17(11-15(14,3)18)9-13-6-4-5-12(7-13)8-16/h4-7,18H,9-11H2,1-3H3/t15-/m1/s1. The molecule has 1 aromatic carbocycles. The van der Waals surface area contributed by atoms with E-state index in [1.807, 2.05) is 31.2 Å². The molecule has 1 saturated heterocycles. The van der Waals surface area contributed by atoms with Gasteiger partial charge in [0.25, 0.3) is 0 Å². The monoisotopic (exact) mass is 244 g/mol. The highest BCUT2D eigenvalue weighted by Gasteiger charge is 2.47. The maximum absolute atomic E-state index is 10.4. The number of nitrogens with zero attached hydrogens (tertiary/aromatic N) is 2. The summed E-state index contributed by atoms with van der Waals surface area (Å²) in [6.45, 7) is 8.43. The number of benzene rings is 1. The van der Waals surface area contributed by atoms with Gasteiger partial charge in [-0.2, -0.15) is 5.26 Å². The van der Waals surface area contributed by atoms with Crippen LogP contribution in [0.5, 0.6) is 0 Å². The lowest BCUT2D eigenvalue weighted by molar-refractivity contribution is -0.0111. The summed E-state index contributed by atoms with van der Waals surface area (Å²) in [6.07, 6.45) is 0. The fraction of sp³-hybridized carbons (Fsp3) is 0.533. The van der Waals surface area contributed by atoms with Crippen molar-refractivity contribution in [2.45, 2.75) is 32.9 Å². The van der Waals surface area contributed by atoms with Crippen LogP contribution in [-0.4, -0.2) is 28.7 Å². The van der Waals surface area contributed by atoms with Crippen LogP contribution in [0.25, 0.3) is 0 Å². The average Bonchev–Trinajstić information content (AvgIpc) is 2.47. The Labute approximate surface area is 109 Å². The molecule has 0 saturated carbocycles. The zero-order chi connectivity index (χ0) is 13.4. The topological polar surface area (TPSA) is 47.3 Å². The smallest absolute Gasteiger partial charge is 0.0991 e. The number of aliphatic hydroxyl groups is 1. The molecule has 0 bridgehead atoms. The van der Waals surface area contributed by atoms with Crippen molar-refractivity contribution in [3.8, 4) is 6.07 Å². The number of β-amino-alcohol motifs (C(OH)–C–C–N with tert-alkyl or cyclic N) is 1. The van der Waals surface area contributed by atoms with Crippen LogP contribution in [-0.2, 0) is 6.54 Å². The van der Waals surface area contributed by atoms with E-state index in [1.54, 1.807) is 0 Å². The third-order valence-electron chi connectivity index (χ3n) is 4.07. The van der Waals surface area contributed by atoms with Gasteiger partial charge in [-0.3, -0.25) is 4.90 Å². The zero-order valence-corrected chi connectivity index (χ0v) is 11.3. The summed E-state index contributed by atoms with van der Waals surface area (Å²) >= 11 is 0. The summed E-state index contributed by atoms with van der Waals surface area (Å²) in [5.74, 6) is 0. The predicted molar refractivity (Wildman–Crippen MR) is 70.8 cm³/mol. The van der Waals surface area contributed by atoms with E-state index in [4.69, 9.17) is 5.26 Å². The number of hydrogen-bond acceptors (Lipinski definition) is 3. The van der Waals surface area contributed by atoms with Gasteiger partial charge in [0.15, 0.2) is 0 Å². The van der Waals surface area contributed by atoms with E-state index in [-0.39, 0.29) is 5.41 Å². The van der Waals surface area contributed by atoms with Crippen LogP contribution in [0.4, 0.5) is 0 Å². The number of hydrogen-bond donors (Lipinski definition) is 1. The zero-order valence-electron chi connectivity index (χ0n) is 11.3. The molecule has 18 heavy (non-hydrogen) atoms. The number of likely N-dealkylation sites (tertiary alicyclic amines) is 1. The minimum Gasteiger partial charge on any atom is -0.388 e. The first kappa shape index (κ1) is 13.1. The third-order valence-corrected chi connectivity index (χ3v) is 4.07. The first-order chi connectivity index (χ1) is 8.34. The van der Waals surface area contributed by atoms with Crippen LogP contribution >= 0.6 is 0 Å². The largest absolute Gasteiger partial charge is 0.388 e. The Balaban J connectivity index is 2.10. The third kappa shape index (κ3) is 2.40. The van der Waals surface area contributed by atoms with E-state index in [1.165, 1.54) is 0 Å². The second-order valence-corrected chi connectivity index (χ2v) is 6.12. The van der Waals surface area contributed by atoms with Crippen LogP contribution < -0.4 is 0 Å². The summed E-state index contributed by atoms with van der Waals surface area (Å²) in [5, 5.41) is 19.3. The fourth-order valence-electron chi connectivity index (χ4n) is 2.54. The van der Waals surface area contributed by atoms with Crippen LogP contribution in [0.15, 0.2) is 24.3 Å². The molecule has 0 unspecified atom stereocenters. The molecule has 1 aromatic rings. The molecular formula is C15H20N2O. The van der Waals surface area contributed by atoms with Crippen molar-refractivity contribution in [2.24, 2.45) is 5.41 Å². The molecule has 0 radical (unpaired) electrons. The lowest BCUT2D eigenvalue weighted by Gasteiger charge is -2.31. The van der Waals surface area contributed by atoms with Gasteiger partial charge in [-0.05, 0) is 24.6 Å². The molecule has 1 aliphatic rings. The van der Waals surface area contributed by atoms with E-state index in [2.05, 4.69) is 24.8 Å². The van der Waals surface area contributed by atoms with Gasteiger partial charge in [0.1, 0.15) is 0 Å². The minimum absolute atomic E-state index is 0.0974. The summed E-state index contributed by atoms with van der Waals surface area (Å²) in [6, 6.07) is 9.83. The molecular weight excluding hydrogens is 224 g/mol. The van der Waals surface area contributed by atoms with Crippen LogP contribution in [0, 0.1) is 16.7 Å². The van der Waals surface area contributed by atoms with Crippen molar-refractivity contribution in [1.29, 1.82) is 5.26 Å². The molecule has 0 amide bonds. The second kappa shape index (κ2) is 4.38. The molecule has 1 aliphatic heterocycles. The number of rotatable bonds is 2. The highest BCUT2D eigenvalue weighted by Crippen LogP contribution is 2.38. The van der Waals surface area contributed by atoms with Gasteiger partial charge in [-0.25, -0.2) is 0 Å². The SMILES string of the molecule is CC1(C)CN(Cc2cccc(C#N)c2)C[C@@]1(C)O. The van der Waals surface area contributed by atoms with Gasteiger partial charge in [-0.15, -0.1) is 0 Å². The van der Waals surface area contributed by atoms with Crippen molar-refractivity contribution in [1.82, 2.24) is 4.90 Å². The Bertz CT molecular complexity index is 470. The van der Waals surface area contributed by atoms with Gasteiger partial charge in [-0.1, -0.05) is 26.0 Å². The van der Waals surface area contributed by atoms with E-state index < -0.39 is 5.60 Å². The Morgan fingerprint density at radius 3 is 2.61 bits per heavy atom. The molecule has 0 aromatic heterocycles. The Morgan fingerprint density at radius 2 is 2.06 bits per heavy atom. The maximum Gasteiger partial charge on any atom is 0.0991 e. The maximum atomic E-state index is 10.4. The molecule has 1 heterocycles. The van der Waals surface area contributed by atoms with Crippen molar-refractivity contribution in [3.63, 3.8) is 0 Å². The van der Waals surface area contributed by atoms with E-state index >= 15 is 0 Å². The van der Waals surface area contributed by atoms with Crippen molar-refractivity contribution in [3.05, 3.63) is 35.4 Å². The van der Waals surface area contributed by atoms with E-state index in [0.29, 0.717) is 12.1 Å². The fourth-order valence-corrected chi connectivity index (χ4v) is 2.54. The molecule has 0 aliphatic carbocycles. The van der Waals surface area contributed by atoms with Crippen LogP contribution in [0.3, 0.4) is 0 Å². The lowest BCUT2D eigenvalue weighted by Crippen LogP contribution is -2.40. The van der Waals surface area contributed by atoms with Crippen LogP contribution in [0.1, 0.15) is 31.9 Å². The Morgan fingerprint density at radius 1 is 1.33 bits per heavy atom. The van der Waals surface area contributed by atoms with Gasteiger partial charge < -0.3 is 5.11 Å². The summed E-state index contributed by atoms with van der Waals surface area (Å²) in [5.41, 5.74) is 1.07. The van der Waals surface area contributed by atoms with Crippen molar-refractivity contribution < 1.29 is 5.11 Å². The Hall–Kier alpha value is -1.37. The van der Waals surface area contributed by atoms with Gasteiger partial charge in [0.2, 0.25) is 0 Å². The second-order valence-electron chi connectivity index (χ2n) is 6.12. The van der Waals surface area contributed by atoms with E-state index in [0.717, 1.165) is 18.7 Å². The van der Waals surface area contributed by atoms with Gasteiger partial charge in [0, 0.05) is 25.0 Å². The summed E-state index contributed by atoms with van der Waals surface area (Å²) in [4.78, 5) is 2.25. The first-order valence-electron chi connectivity index (χ1n) is 6.28. The normalized spacial score (nSPS) is 27.1. The van der Waals surface area contributed by atoms with Gasteiger partial charge in [0.05, 0.1) is 17.2 Å². The predicted octanol–water partition coefficient (Wildman–Crippen LogP) is 2.15. The molecule has 0 spiro atoms. The molecule has 3 heteroatoms. The number of nitriles is 1. The van der Waals surface area contributed by atoms with Crippen molar-refractivity contribution in [2.75, 3.05) is 13.1 Å². The van der Waals surface area contributed by atoms with Crippen molar-refractivity contribution >= 4 is 0 Å². The molecule has 2 rings (SSSR count). The molecule has 1 atom stereocenters. The van der Waals surface area contributed by atoms with Gasteiger partial charge >= 0.3 is 0 Å². The molecule has 1 N–H and O–H groups in total. The minimum atomic E-state index is -0.653.